The first-order valence-corrected chi connectivity index (χ1v) is 11.2. The number of nitrogens with one attached hydrogen (secondary N) is 1. The molecular weight excluding hydrogens is 382 g/mol. The number of aromatic hydroxyl groups is 1. The van der Waals surface area contributed by atoms with Gasteiger partial charge in [-0.15, -0.1) is 11.3 Å². The van der Waals surface area contributed by atoms with Gasteiger partial charge in [-0.3, -0.25) is 4.79 Å². The molecule has 0 aliphatic rings. The molecular formula is C20H17NO4S2. The van der Waals surface area contributed by atoms with E-state index in [9.17, 15) is 18.3 Å². The van der Waals surface area contributed by atoms with Gasteiger partial charge in [-0.1, -0.05) is 18.2 Å². The van der Waals surface area contributed by atoms with Crippen LogP contribution in [0.25, 0.3) is 32.1 Å². The summed E-state index contributed by atoms with van der Waals surface area (Å²) in [6.45, 7) is 1.86. The number of thiophene rings is 1. The van der Waals surface area contributed by atoms with Gasteiger partial charge in [0.2, 0.25) is 0 Å². The Balaban J connectivity index is 2.02. The Hall–Kier alpha value is -2.64. The van der Waals surface area contributed by atoms with Gasteiger partial charge in [0.25, 0.3) is 5.56 Å². The van der Waals surface area contributed by atoms with Crippen LogP contribution in [0.2, 0.25) is 0 Å². The molecule has 0 fully saturated rings. The highest BCUT2D eigenvalue weighted by molar-refractivity contribution is 7.89. The number of aromatic amines is 1. The van der Waals surface area contributed by atoms with E-state index in [4.69, 9.17) is 0 Å². The third-order valence-electron chi connectivity index (χ3n) is 4.62. The number of phenols is 1. The Bertz CT molecular complexity index is 1360. The van der Waals surface area contributed by atoms with E-state index >= 15 is 0 Å². The molecule has 2 N–H and O–H groups in total. The van der Waals surface area contributed by atoms with Crippen molar-refractivity contribution in [1.82, 2.24) is 4.98 Å². The van der Waals surface area contributed by atoms with Gasteiger partial charge in [-0.25, -0.2) is 8.42 Å². The zero-order valence-corrected chi connectivity index (χ0v) is 16.4. The van der Waals surface area contributed by atoms with Crippen LogP contribution in [-0.4, -0.2) is 24.8 Å². The molecule has 0 spiro atoms. The van der Waals surface area contributed by atoms with Crippen molar-refractivity contribution in [2.75, 3.05) is 6.26 Å². The maximum absolute atomic E-state index is 12.3. The van der Waals surface area contributed by atoms with E-state index < -0.39 is 9.84 Å². The summed E-state index contributed by atoms with van der Waals surface area (Å²) in [6, 6.07) is 10.6. The van der Waals surface area contributed by atoms with Crippen LogP contribution in [0.15, 0.2) is 46.6 Å². The molecule has 2 aromatic carbocycles. The van der Waals surface area contributed by atoms with Gasteiger partial charge in [-0.05, 0) is 47.2 Å². The summed E-state index contributed by atoms with van der Waals surface area (Å²) >= 11 is 1.36. The monoisotopic (exact) mass is 399 g/mol. The largest absolute Gasteiger partial charge is 0.507 e. The standard InChI is InChI=1S/C20H17NO4S2/c1-11-9-12(3-4-13(11)10-27(2,24)25)17-16(22)6-5-15-18(17)14-7-8-26-19(14)20(23)21-15/h3-9,22H,10H2,1-2H3,(H,21,23). The summed E-state index contributed by atoms with van der Waals surface area (Å²) in [6.07, 6.45) is 1.21. The number of phenolic OH excluding ortho intramolecular Hbond substituents is 1. The van der Waals surface area contributed by atoms with Crippen molar-refractivity contribution < 1.29 is 13.5 Å². The van der Waals surface area contributed by atoms with E-state index in [1.54, 1.807) is 18.2 Å². The SMILES string of the molecule is Cc1cc(-c2c(O)ccc3[nH]c(=O)c4sccc4c23)ccc1CS(C)(=O)=O. The van der Waals surface area contributed by atoms with E-state index in [0.29, 0.717) is 15.8 Å². The maximum atomic E-state index is 12.3. The molecule has 0 saturated heterocycles. The smallest absolute Gasteiger partial charge is 0.266 e. The first kappa shape index (κ1) is 17.8. The highest BCUT2D eigenvalue weighted by Crippen LogP contribution is 2.40. The Labute approximate surface area is 159 Å². The van der Waals surface area contributed by atoms with Gasteiger partial charge in [0.1, 0.15) is 10.4 Å². The number of benzene rings is 2. The summed E-state index contributed by atoms with van der Waals surface area (Å²) in [7, 11) is -3.13. The van der Waals surface area contributed by atoms with Crippen molar-refractivity contribution in [2.45, 2.75) is 12.7 Å². The Morgan fingerprint density at radius 3 is 2.63 bits per heavy atom. The van der Waals surface area contributed by atoms with E-state index in [2.05, 4.69) is 4.98 Å². The van der Waals surface area contributed by atoms with Crippen molar-refractivity contribution in [3.63, 3.8) is 0 Å². The van der Waals surface area contributed by atoms with Crippen LogP contribution in [-0.2, 0) is 15.6 Å². The molecule has 0 unspecified atom stereocenters. The zero-order valence-electron chi connectivity index (χ0n) is 14.7. The number of sulfone groups is 1. The normalized spacial score (nSPS) is 12.1. The van der Waals surface area contributed by atoms with Gasteiger partial charge in [0.05, 0.1) is 5.75 Å². The van der Waals surface area contributed by atoms with Gasteiger partial charge in [0.15, 0.2) is 9.84 Å². The van der Waals surface area contributed by atoms with Gasteiger partial charge in [-0.2, -0.15) is 0 Å². The Morgan fingerprint density at radius 1 is 1.15 bits per heavy atom. The van der Waals surface area contributed by atoms with Crippen molar-refractivity contribution >= 4 is 42.2 Å². The lowest BCUT2D eigenvalue weighted by Gasteiger charge is -2.13. The second-order valence-corrected chi connectivity index (χ2v) is 9.77. The Morgan fingerprint density at radius 2 is 1.93 bits per heavy atom. The lowest BCUT2D eigenvalue weighted by molar-refractivity contribution is 0.478. The number of H-pyrrole nitrogens is 1. The molecule has 5 nitrogen and oxygen atoms in total. The molecule has 0 aliphatic heterocycles. The van der Waals surface area contributed by atoms with Crippen molar-refractivity contribution in [3.05, 3.63) is 63.3 Å². The molecule has 4 rings (SSSR count). The van der Waals surface area contributed by atoms with Crippen LogP contribution in [0.3, 0.4) is 0 Å². The van der Waals surface area contributed by atoms with E-state index in [-0.39, 0.29) is 17.1 Å². The van der Waals surface area contributed by atoms with Gasteiger partial charge < -0.3 is 10.1 Å². The fourth-order valence-corrected chi connectivity index (χ4v) is 5.11. The van der Waals surface area contributed by atoms with E-state index in [1.807, 2.05) is 30.5 Å². The van der Waals surface area contributed by atoms with E-state index in [1.165, 1.54) is 17.6 Å². The predicted molar refractivity (Wildman–Crippen MR) is 110 cm³/mol. The molecule has 0 aliphatic carbocycles. The second kappa shape index (κ2) is 6.21. The molecule has 4 aromatic rings. The van der Waals surface area contributed by atoms with Crippen LogP contribution in [0.4, 0.5) is 0 Å². The van der Waals surface area contributed by atoms with Crippen molar-refractivity contribution in [1.29, 1.82) is 0 Å². The number of fused-ring (bicyclic) bond motifs is 3. The Kier molecular flexibility index (Phi) is 4.09. The molecule has 0 amide bonds. The molecule has 0 atom stereocenters. The number of aryl methyl sites for hydroxylation is 1. The highest BCUT2D eigenvalue weighted by atomic mass is 32.2. The molecule has 138 valence electrons. The third kappa shape index (κ3) is 3.13. The fraction of sp³-hybridized carbons (Fsp3) is 0.150. The lowest BCUT2D eigenvalue weighted by atomic mass is 9.95. The molecule has 2 heterocycles. The third-order valence-corrected chi connectivity index (χ3v) is 6.37. The van der Waals surface area contributed by atoms with Crippen LogP contribution in [0.1, 0.15) is 11.1 Å². The minimum atomic E-state index is -3.13. The summed E-state index contributed by atoms with van der Waals surface area (Å²) in [5.41, 5.74) is 3.46. The predicted octanol–water partition coefficient (Wildman–Crippen LogP) is 3.97. The zero-order chi connectivity index (χ0) is 19.3. The first-order valence-electron chi connectivity index (χ1n) is 8.27. The van der Waals surface area contributed by atoms with Crippen LogP contribution in [0, 0.1) is 6.92 Å². The quantitative estimate of drug-likeness (QED) is 0.546. The minimum absolute atomic E-state index is 0.0251. The van der Waals surface area contributed by atoms with E-state index in [0.717, 1.165) is 27.5 Å². The summed E-state index contributed by atoms with van der Waals surface area (Å²) in [5, 5.41) is 14.0. The number of aromatic nitrogens is 1. The first-order chi connectivity index (χ1) is 12.7. The fourth-order valence-electron chi connectivity index (χ4n) is 3.42. The highest BCUT2D eigenvalue weighted by Gasteiger charge is 2.16. The summed E-state index contributed by atoms with van der Waals surface area (Å²) in [5.74, 6) is 0.0836. The van der Waals surface area contributed by atoms with Crippen molar-refractivity contribution in [3.8, 4) is 16.9 Å². The lowest BCUT2D eigenvalue weighted by Crippen LogP contribution is -2.05. The van der Waals surface area contributed by atoms with Crippen LogP contribution >= 0.6 is 11.3 Å². The second-order valence-electron chi connectivity index (χ2n) is 6.71. The van der Waals surface area contributed by atoms with Crippen molar-refractivity contribution in [2.24, 2.45) is 0 Å². The maximum Gasteiger partial charge on any atom is 0.266 e. The average molecular weight is 399 g/mol. The van der Waals surface area contributed by atoms with Gasteiger partial charge >= 0.3 is 0 Å². The van der Waals surface area contributed by atoms with Crippen LogP contribution < -0.4 is 5.56 Å². The summed E-state index contributed by atoms with van der Waals surface area (Å²) < 4.78 is 23.8. The number of pyridine rings is 1. The molecule has 27 heavy (non-hydrogen) atoms. The average Bonchev–Trinajstić information content (AvgIpc) is 3.07. The number of hydrogen-bond donors (Lipinski definition) is 2. The molecule has 0 radical (unpaired) electrons. The molecule has 0 bridgehead atoms. The summed E-state index contributed by atoms with van der Waals surface area (Å²) in [4.78, 5) is 15.1. The number of hydrogen-bond acceptors (Lipinski definition) is 5. The topological polar surface area (TPSA) is 87.2 Å². The molecule has 7 heteroatoms. The van der Waals surface area contributed by atoms with Gasteiger partial charge in [0, 0.05) is 28.1 Å². The molecule has 2 aromatic heterocycles. The van der Waals surface area contributed by atoms with Crippen LogP contribution in [0.5, 0.6) is 5.75 Å². The number of rotatable bonds is 3. The minimum Gasteiger partial charge on any atom is -0.507 e. The molecule has 0 saturated carbocycles.